The number of sulfonamides is 1. The highest BCUT2D eigenvalue weighted by Gasteiger charge is 2.32. The third-order valence-corrected chi connectivity index (χ3v) is 5.68. The molecule has 1 aromatic carbocycles. The van der Waals surface area contributed by atoms with Crippen molar-refractivity contribution in [2.75, 3.05) is 10.6 Å². The van der Waals surface area contributed by atoms with Crippen LogP contribution in [0.15, 0.2) is 42.7 Å². The van der Waals surface area contributed by atoms with Crippen molar-refractivity contribution in [2.24, 2.45) is 0 Å². The van der Waals surface area contributed by atoms with Gasteiger partial charge in [0, 0.05) is 24.0 Å². The second kappa shape index (κ2) is 6.48. The molecule has 0 spiro atoms. The van der Waals surface area contributed by atoms with Crippen molar-refractivity contribution in [3.8, 4) is 0 Å². The number of carbonyl (C=O) groups excluding carboxylic acids is 1. The topological polar surface area (TPSA) is 79.4 Å². The van der Waals surface area contributed by atoms with Crippen molar-refractivity contribution >= 4 is 21.6 Å². The van der Waals surface area contributed by atoms with Gasteiger partial charge >= 0.3 is 0 Å². The molecular weight excluding hydrogens is 338 g/mol. The fraction of sp³-hybridized carbons (Fsp3) is 0.333. The average Bonchev–Trinajstić information content (AvgIpc) is 2.90. The molecule has 2 aromatic rings. The van der Waals surface area contributed by atoms with Crippen LogP contribution >= 0.6 is 0 Å². The summed E-state index contributed by atoms with van der Waals surface area (Å²) in [6, 6.07) is 8.61. The fourth-order valence-corrected chi connectivity index (χ4v) is 4.53. The molecule has 0 radical (unpaired) electrons. The number of nitrogens with zero attached hydrogens (tertiary/aromatic N) is 2. The van der Waals surface area contributed by atoms with E-state index in [4.69, 9.17) is 0 Å². The van der Waals surface area contributed by atoms with E-state index in [0.29, 0.717) is 17.7 Å². The molecule has 1 aliphatic heterocycles. The van der Waals surface area contributed by atoms with Gasteiger partial charge in [-0.1, -0.05) is 0 Å². The lowest BCUT2D eigenvalue weighted by atomic mass is 10.1. The van der Waals surface area contributed by atoms with Gasteiger partial charge in [0.25, 0.3) is 5.91 Å². The summed E-state index contributed by atoms with van der Waals surface area (Å²) < 4.78 is 25.4. The molecular formula is C18H21N3O3S. The van der Waals surface area contributed by atoms with Crippen LogP contribution in [0.3, 0.4) is 0 Å². The molecule has 1 aromatic heterocycles. The van der Waals surface area contributed by atoms with Crippen LogP contribution in [0.5, 0.6) is 0 Å². The van der Waals surface area contributed by atoms with Gasteiger partial charge in [0.1, 0.15) is 0 Å². The van der Waals surface area contributed by atoms with E-state index >= 15 is 0 Å². The van der Waals surface area contributed by atoms with Gasteiger partial charge in [-0.15, -0.1) is 0 Å². The number of fused-ring (bicyclic) bond motifs is 1. The Bertz CT molecular complexity index is 897. The highest BCUT2D eigenvalue weighted by molar-refractivity contribution is 7.92. The van der Waals surface area contributed by atoms with E-state index in [1.54, 1.807) is 30.6 Å². The summed E-state index contributed by atoms with van der Waals surface area (Å²) in [4.78, 5) is 16.5. The summed E-state index contributed by atoms with van der Waals surface area (Å²) in [6.45, 7) is 3.78. The Hall–Kier alpha value is -2.41. The van der Waals surface area contributed by atoms with E-state index in [2.05, 4.69) is 10.3 Å². The van der Waals surface area contributed by atoms with Crippen molar-refractivity contribution in [2.45, 2.75) is 32.4 Å². The summed E-state index contributed by atoms with van der Waals surface area (Å²) in [7, 11) is -3.33. The van der Waals surface area contributed by atoms with Crippen molar-refractivity contribution in [1.82, 2.24) is 10.3 Å². The molecule has 25 heavy (non-hydrogen) atoms. The number of pyridine rings is 1. The zero-order valence-electron chi connectivity index (χ0n) is 14.4. The van der Waals surface area contributed by atoms with Gasteiger partial charge in [0.2, 0.25) is 10.0 Å². The van der Waals surface area contributed by atoms with Crippen LogP contribution in [0.1, 0.15) is 41.4 Å². The minimum Gasteiger partial charge on any atom is -0.346 e. The lowest BCUT2D eigenvalue weighted by Crippen LogP contribution is -2.34. The Kier molecular flexibility index (Phi) is 4.51. The summed E-state index contributed by atoms with van der Waals surface area (Å²) in [6.07, 6.45) is 5.18. The van der Waals surface area contributed by atoms with E-state index in [0.717, 1.165) is 11.1 Å². The van der Waals surface area contributed by atoms with Crippen molar-refractivity contribution in [1.29, 1.82) is 0 Å². The molecule has 0 aliphatic carbocycles. The predicted octanol–water partition coefficient (Wildman–Crippen LogP) is 2.28. The molecule has 2 heterocycles. The minimum atomic E-state index is -3.33. The molecule has 1 aliphatic rings. The average molecular weight is 359 g/mol. The van der Waals surface area contributed by atoms with Crippen molar-refractivity contribution in [3.63, 3.8) is 0 Å². The van der Waals surface area contributed by atoms with Gasteiger partial charge in [-0.3, -0.25) is 14.1 Å². The Morgan fingerprint density at radius 2 is 1.96 bits per heavy atom. The maximum atomic E-state index is 12.5. The standard InChI is InChI=1S/C18H21N3O3S/c1-12-10-16-11-15(4-5-17(16)21(12)25(3,23)24)18(22)20-13(2)14-6-8-19-9-7-14/h4-9,11-13H,10H2,1-3H3,(H,20,22)/t12-,13-/m0/s1. The Morgan fingerprint density at radius 1 is 1.28 bits per heavy atom. The smallest absolute Gasteiger partial charge is 0.251 e. The van der Waals surface area contributed by atoms with Crippen LogP contribution in [0.4, 0.5) is 5.69 Å². The molecule has 132 valence electrons. The summed E-state index contributed by atoms with van der Waals surface area (Å²) in [5.74, 6) is -0.183. The van der Waals surface area contributed by atoms with E-state index in [1.165, 1.54) is 10.6 Å². The fourth-order valence-electron chi connectivity index (χ4n) is 3.26. The second-order valence-corrected chi connectivity index (χ2v) is 8.29. The molecule has 6 nitrogen and oxygen atoms in total. The number of aromatic nitrogens is 1. The number of benzene rings is 1. The minimum absolute atomic E-state index is 0.140. The highest BCUT2D eigenvalue weighted by Crippen LogP contribution is 2.34. The third-order valence-electron chi connectivity index (χ3n) is 4.41. The predicted molar refractivity (Wildman–Crippen MR) is 97.0 cm³/mol. The number of anilines is 1. The number of hydrogen-bond donors (Lipinski definition) is 1. The first kappa shape index (κ1) is 17.4. The van der Waals surface area contributed by atoms with Crippen LogP contribution in [0, 0.1) is 0 Å². The van der Waals surface area contributed by atoms with Crippen molar-refractivity contribution < 1.29 is 13.2 Å². The van der Waals surface area contributed by atoms with E-state index < -0.39 is 10.0 Å². The van der Waals surface area contributed by atoms with Crippen LogP contribution in [-0.4, -0.2) is 31.6 Å². The first-order valence-electron chi connectivity index (χ1n) is 8.10. The number of hydrogen-bond acceptors (Lipinski definition) is 4. The highest BCUT2D eigenvalue weighted by atomic mass is 32.2. The number of amides is 1. The van der Waals surface area contributed by atoms with Gasteiger partial charge in [-0.2, -0.15) is 0 Å². The molecule has 0 unspecified atom stereocenters. The number of nitrogens with one attached hydrogen (secondary N) is 1. The van der Waals surface area contributed by atoms with Crippen molar-refractivity contribution in [3.05, 3.63) is 59.4 Å². The summed E-state index contributed by atoms with van der Waals surface area (Å²) in [5.41, 5.74) is 3.04. The molecule has 0 saturated heterocycles. The van der Waals surface area contributed by atoms with Gasteiger partial charge in [0.15, 0.2) is 0 Å². The van der Waals surface area contributed by atoms with Crippen LogP contribution in [0.2, 0.25) is 0 Å². The SMILES string of the molecule is C[C@H](NC(=O)c1ccc2c(c1)C[C@H](C)N2S(C)(=O)=O)c1ccncc1. The van der Waals surface area contributed by atoms with Crippen LogP contribution < -0.4 is 9.62 Å². The zero-order valence-corrected chi connectivity index (χ0v) is 15.2. The third kappa shape index (κ3) is 3.51. The van der Waals surface area contributed by atoms with Gasteiger partial charge < -0.3 is 5.32 Å². The first-order valence-corrected chi connectivity index (χ1v) is 9.95. The summed E-state index contributed by atoms with van der Waals surface area (Å²) in [5, 5.41) is 2.96. The van der Waals surface area contributed by atoms with Crippen LogP contribution in [-0.2, 0) is 16.4 Å². The largest absolute Gasteiger partial charge is 0.346 e. The monoisotopic (exact) mass is 359 g/mol. The normalized spacial score (nSPS) is 17.9. The second-order valence-electron chi connectivity index (χ2n) is 6.43. The summed E-state index contributed by atoms with van der Waals surface area (Å²) >= 11 is 0. The van der Waals surface area contributed by atoms with E-state index in [-0.39, 0.29) is 18.0 Å². The number of rotatable bonds is 4. The van der Waals surface area contributed by atoms with Crippen LogP contribution in [0.25, 0.3) is 0 Å². The molecule has 1 amide bonds. The molecule has 3 rings (SSSR count). The molecule has 0 fully saturated rings. The van der Waals surface area contributed by atoms with E-state index in [9.17, 15) is 13.2 Å². The Morgan fingerprint density at radius 3 is 2.60 bits per heavy atom. The lowest BCUT2D eigenvalue weighted by molar-refractivity contribution is 0.0940. The molecule has 2 atom stereocenters. The maximum absolute atomic E-state index is 12.5. The van der Waals surface area contributed by atoms with E-state index in [1.807, 2.05) is 26.0 Å². The van der Waals surface area contributed by atoms with Gasteiger partial charge in [-0.25, -0.2) is 8.42 Å². The quantitative estimate of drug-likeness (QED) is 0.908. The Balaban J connectivity index is 1.81. The van der Waals surface area contributed by atoms with Gasteiger partial charge in [-0.05, 0) is 61.7 Å². The zero-order chi connectivity index (χ0) is 18.2. The molecule has 7 heteroatoms. The Labute approximate surface area is 147 Å². The first-order chi connectivity index (χ1) is 11.8. The number of carbonyl (C=O) groups is 1. The lowest BCUT2D eigenvalue weighted by Gasteiger charge is -2.22. The molecule has 1 N–H and O–H groups in total. The molecule has 0 saturated carbocycles. The maximum Gasteiger partial charge on any atom is 0.251 e. The van der Waals surface area contributed by atoms with Gasteiger partial charge in [0.05, 0.1) is 18.0 Å². The molecule has 0 bridgehead atoms.